The zero-order valence-electron chi connectivity index (χ0n) is 13.3. The summed E-state index contributed by atoms with van der Waals surface area (Å²) in [5.74, 6) is 1.58. The first-order valence-electron chi connectivity index (χ1n) is 8.48. The SMILES string of the molecule is NC1CC(c2ccc(-c3ccc(OC4CCOC4)cc3)cc2)C1. The van der Waals surface area contributed by atoms with Gasteiger partial charge in [0.1, 0.15) is 11.9 Å². The van der Waals surface area contributed by atoms with Crippen molar-refractivity contribution in [2.45, 2.75) is 37.3 Å². The van der Waals surface area contributed by atoms with Crippen LogP contribution in [0, 0.1) is 0 Å². The maximum Gasteiger partial charge on any atom is 0.124 e. The third-order valence-electron chi connectivity index (χ3n) is 4.93. The number of hydrogen-bond acceptors (Lipinski definition) is 3. The molecule has 0 spiro atoms. The Morgan fingerprint density at radius 2 is 1.57 bits per heavy atom. The number of rotatable bonds is 4. The van der Waals surface area contributed by atoms with Crippen molar-refractivity contribution in [3.8, 4) is 16.9 Å². The Bertz CT molecular complexity index is 638. The van der Waals surface area contributed by atoms with Crippen molar-refractivity contribution in [2.75, 3.05) is 13.2 Å². The Labute approximate surface area is 137 Å². The summed E-state index contributed by atoms with van der Waals surface area (Å²) >= 11 is 0. The number of hydrogen-bond donors (Lipinski definition) is 1. The topological polar surface area (TPSA) is 44.5 Å². The van der Waals surface area contributed by atoms with Gasteiger partial charge in [-0.3, -0.25) is 0 Å². The van der Waals surface area contributed by atoms with Crippen LogP contribution in [0.25, 0.3) is 11.1 Å². The molecule has 1 aliphatic carbocycles. The molecule has 0 amide bonds. The lowest BCUT2D eigenvalue weighted by Gasteiger charge is -2.32. The molecule has 2 aliphatic rings. The summed E-state index contributed by atoms with van der Waals surface area (Å²) in [5.41, 5.74) is 9.76. The molecule has 0 aromatic heterocycles. The van der Waals surface area contributed by atoms with Gasteiger partial charge in [-0.2, -0.15) is 0 Å². The fraction of sp³-hybridized carbons (Fsp3) is 0.400. The first kappa shape index (κ1) is 14.7. The van der Waals surface area contributed by atoms with Gasteiger partial charge < -0.3 is 15.2 Å². The number of benzene rings is 2. The van der Waals surface area contributed by atoms with Crippen LogP contribution in [0.1, 0.15) is 30.7 Å². The molecular weight excluding hydrogens is 286 g/mol. The molecule has 2 fully saturated rings. The summed E-state index contributed by atoms with van der Waals surface area (Å²) in [4.78, 5) is 0. The average Bonchev–Trinajstić information content (AvgIpc) is 3.06. The number of ether oxygens (including phenoxy) is 2. The Kier molecular flexibility index (Phi) is 4.06. The van der Waals surface area contributed by atoms with E-state index in [0.29, 0.717) is 18.6 Å². The van der Waals surface area contributed by atoms with Gasteiger partial charge in [0.05, 0.1) is 13.2 Å². The molecule has 120 valence electrons. The van der Waals surface area contributed by atoms with Crippen LogP contribution in [0.4, 0.5) is 0 Å². The van der Waals surface area contributed by atoms with E-state index < -0.39 is 0 Å². The van der Waals surface area contributed by atoms with E-state index in [0.717, 1.165) is 31.6 Å². The average molecular weight is 309 g/mol. The largest absolute Gasteiger partial charge is 0.488 e. The molecule has 1 heterocycles. The van der Waals surface area contributed by atoms with Gasteiger partial charge in [-0.15, -0.1) is 0 Å². The van der Waals surface area contributed by atoms with Gasteiger partial charge in [0.25, 0.3) is 0 Å². The van der Waals surface area contributed by atoms with E-state index in [4.69, 9.17) is 15.2 Å². The Hall–Kier alpha value is -1.84. The first-order chi connectivity index (χ1) is 11.3. The highest BCUT2D eigenvalue weighted by Gasteiger charge is 2.26. The second-order valence-corrected chi connectivity index (χ2v) is 6.68. The Morgan fingerprint density at radius 3 is 2.13 bits per heavy atom. The minimum atomic E-state index is 0.203. The van der Waals surface area contributed by atoms with E-state index in [-0.39, 0.29) is 6.10 Å². The van der Waals surface area contributed by atoms with Gasteiger partial charge in [-0.25, -0.2) is 0 Å². The van der Waals surface area contributed by atoms with Crippen molar-refractivity contribution >= 4 is 0 Å². The van der Waals surface area contributed by atoms with Crippen molar-refractivity contribution in [2.24, 2.45) is 5.73 Å². The smallest absolute Gasteiger partial charge is 0.124 e. The molecule has 2 aromatic carbocycles. The van der Waals surface area contributed by atoms with Crippen LogP contribution in [0.5, 0.6) is 5.75 Å². The van der Waals surface area contributed by atoms with Crippen LogP contribution in [0.3, 0.4) is 0 Å². The summed E-state index contributed by atoms with van der Waals surface area (Å²) in [5, 5.41) is 0. The summed E-state index contributed by atoms with van der Waals surface area (Å²) in [6.45, 7) is 1.51. The summed E-state index contributed by atoms with van der Waals surface area (Å²) in [6, 6.07) is 17.6. The predicted octanol–water partition coefficient (Wildman–Crippen LogP) is 3.73. The van der Waals surface area contributed by atoms with Crippen LogP contribution >= 0.6 is 0 Å². The number of nitrogens with two attached hydrogens (primary N) is 1. The molecule has 1 atom stereocenters. The van der Waals surface area contributed by atoms with Gasteiger partial charge in [-0.05, 0) is 47.6 Å². The molecule has 1 unspecified atom stereocenters. The summed E-state index contributed by atoms with van der Waals surface area (Å²) in [7, 11) is 0. The van der Waals surface area contributed by atoms with E-state index in [1.165, 1.54) is 16.7 Å². The third kappa shape index (κ3) is 3.26. The molecule has 0 radical (unpaired) electrons. The lowest BCUT2D eigenvalue weighted by molar-refractivity contribution is 0.141. The highest BCUT2D eigenvalue weighted by molar-refractivity contribution is 5.64. The normalized spacial score (nSPS) is 26.7. The standard InChI is InChI=1S/C20H23NO2/c21-18-11-17(12-18)16-3-1-14(2-4-16)15-5-7-19(8-6-15)23-20-9-10-22-13-20/h1-8,17-18,20H,9-13,21H2. The van der Waals surface area contributed by atoms with E-state index in [1.807, 2.05) is 12.1 Å². The minimum absolute atomic E-state index is 0.203. The van der Waals surface area contributed by atoms with Gasteiger partial charge in [0.2, 0.25) is 0 Å². The maximum absolute atomic E-state index is 5.91. The molecule has 2 N–H and O–H groups in total. The molecule has 0 bridgehead atoms. The highest BCUT2D eigenvalue weighted by Crippen LogP contribution is 2.36. The summed E-state index contributed by atoms with van der Waals surface area (Å²) < 4.78 is 11.3. The van der Waals surface area contributed by atoms with Crippen LogP contribution in [-0.2, 0) is 4.74 Å². The summed E-state index contributed by atoms with van der Waals surface area (Å²) in [6.07, 6.45) is 3.43. The van der Waals surface area contributed by atoms with Gasteiger partial charge >= 0.3 is 0 Å². The lowest BCUT2D eigenvalue weighted by atomic mass is 9.76. The highest BCUT2D eigenvalue weighted by atomic mass is 16.5. The van der Waals surface area contributed by atoms with E-state index in [2.05, 4.69) is 36.4 Å². The maximum atomic E-state index is 5.91. The Balaban J connectivity index is 1.43. The van der Waals surface area contributed by atoms with Crippen molar-refractivity contribution < 1.29 is 9.47 Å². The predicted molar refractivity (Wildman–Crippen MR) is 91.7 cm³/mol. The van der Waals surface area contributed by atoms with Crippen LogP contribution in [-0.4, -0.2) is 25.4 Å². The minimum Gasteiger partial charge on any atom is -0.488 e. The van der Waals surface area contributed by atoms with Crippen molar-refractivity contribution in [3.05, 3.63) is 54.1 Å². The second-order valence-electron chi connectivity index (χ2n) is 6.68. The van der Waals surface area contributed by atoms with Crippen molar-refractivity contribution in [1.29, 1.82) is 0 Å². The molecule has 1 saturated carbocycles. The van der Waals surface area contributed by atoms with E-state index in [1.54, 1.807) is 0 Å². The molecule has 1 aliphatic heterocycles. The molecule has 4 rings (SSSR count). The molecule has 2 aromatic rings. The quantitative estimate of drug-likeness (QED) is 0.936. The fourth-order valence-corrected chi connectivity index (χ4v) is 3.41. The molecular formula is C20H23NO2. The Morgan fingerprint density at radius 1 is 0.913 bits per heavy atom. The second kappa shape index (κ2) is 6.34. The van der Waals surface area contributed by atoms with Crippen LogP contribution in [0.2, 0.25) is 0 Å². The molecule has 23 heavy (non-hydrogen) atoms. The van der Waals surface area contributed by atoms with Crippen molar-refractivity contribution in [3.63, 3.8) is 0 Å². The van der Waals surface area contributed by atoms with Gasteiger partial charge in [-0.1, -0.05) is 36.4 Å². The monoisotopic (exact) mass is 309 g/mol. The van der Waals surface area contributed by atoms with Gasteiger partial charge in [0, 0.05) is 12.5 Å². The molecule has 3 heteroatoms. The zero-order valence-corrected chi connectivity index (χ0v) is 13.3. The zero-order chi connectivity index (χ0) is 15.6. The molecule has 1 saturated heterocycles. The fourth-order valence-electron chi connectivity index (χ4n) is 3.41. The van der Waals surface area contributed by atoms with Crippen LogP contribution < -0.4 is 10.5 Å². The van der Waals surface area contributed by atoms with E-state index >= 15 is 0 Å². The first-order valence-corrected chi connectivity index (χ1v) is 8.48. The third-order valence-corrected chi connectivity index (χ3v) is 4.93. The van der Waals surface area contributed by atoms with Crippen molar-refractivity contribution in [1.82, 2.24) is 0 Å². The van der Waals surface area contributed by atoms with Crippen LogP contribution in [0.15, 0.2) is 48.5 Å². The lowest BCUT2D eigenvalue weighted by Crippen LogP contribution is -2.34. The molecule has 3 nitrogen and oxygen atoms in total. The van der Waals surface area contributed by atoms with Gasteiger partial charge in [0.15, 0.2) is 0 Å². The van der Waals surface area contributed by atoms with E-state index in [9.17, 15) is 0 Å².